The van der Waals surface area contributed by atoms with E-state index >= 15 is 0 Å². The minimum atomic E-state index is -4.93. The van der Waals surface area contributed by atoms with E-state index in [-0.39, 0.29) is 0 Å². The van der Waals surface area contributed by atoms with E-state index in [9.17, 15) is 0 Å². The van der Waals surface area contributed by atoms with Crippen LogP contribution in [0.15, 0.2) is 96.1 Å². The van der Waals surface area contributed by atoms with Crippen molar-refractivity contribution >= 4 is 41.0 Å². The van der Waals surface area contributed by atoms with Gasteiger partial charge in [0.1, 0.15) is 0 Å². The van der Waals surface area contributed by atoms with E-state index < -0.39 is 19.5 Å². The molecule has 2 aliphatic rings. The second-order valence-electron chi connectivity index (χ2n) is 12.1. The monoisotopic (exact) mass is 682 g/mol. The van der Waals surface area contributed by atoms with E-state index in [1.165, 1.54) is 73.2 Å². The number of hydrogen-bond acceptors (Lipinski definition) is 0. The maximum atomic E-state index is 8.45. The fourth-order valence-electron chi connectivity index (χ4n) is 6.91. The Labute approximate surface area is 258 Å². The summed E-state index contributed by atoms with van der Waals surface area (Å²) in [7, 11) is 16.9. The molecule has 212 valence electrons. The van der Waals surface area contributed by atoms with E-state index in [4.69, 9.17) is 17.0 Å². The second-order valence-corrected chi connectivity index (χ2v) is 48.6. The van der Waals surface area contributed by atoms with Crippen LogP contribution in [0.4, 0.5) is 0 Å². The molecule has 0 unspecified atom stereocenters. The summed E-state index contributed by atoms with van der Waals surface area (Å²) in [5, 5.41) is 0. The van der Waals surface area contributed by atoms with Crippen LogP contribution in [-0.4, -0.2) is 11.8 Å². The number of halogens is 2. The molecule has 0 heterocycles. The Morgan fingerprint density at radius 2 is 0.905 bits per heavy atom. The summed E-state index contributed by atoms with van der Waals surface area (Å²) in [5.41, 5.74) is 14.0. The third-order valence-electron chi connectivity index (χ3n) is 9.27. The van der Waals surface area contributed by atoms with Gasteiger partial charge in [-0.2, -0.15) is 0 Å². The molecule has 4 heteroatoms. The third-order valence-corrected chi connectivity index (χ3v) is 52.0. The van der Waals surface area contributed by atoms with Crippen molar-refractivity contribution in [1.29, 1.82) is 0 Å². The molecule has 0 amide bonds. The van der Waals surface area contributed by atoms with Crippen molar-refractivity contribution in [3.63, 3.8) is 0 Å². The molecule has 42 heavy (non-hydrogen) atoms. The standard InChI is InChI=1S/2C18H16.C2H6Si.2ClH.Zr/c2*1-3-14-11-16-5-4-6-17(18(16)12-14)15-9-7-13(2)8-10-15;1-3-2;;;/h2*4-10,12H,3H2,1-2H3;1-2H3;2*1H;/q;;;;;+2/p-2. The van der Waals surface area contributed by atoms with Crippen molar-refractivity contribution < 1.29 is 14.0 Å². The van der Waals surface area contributed by atoms with Crippen molar-refractivity contribution in [1.82, 2.24) is 0 Å². The summed E-state index contributed by atoms with van der Waals surface area (Å²) in [6.07, 6.45) is 6.61. The molecule has 4 aromatic carbocycles. The Balaban J connectivity index is 1.78. The molecule has 0 spiro atoms. The van der Waals surface area contributed by atoms with Gasteiger partial charge in [-0.1, -0.05) is 0 Å². The molecule has 0 fully saturated rings. The molecule has 0 saturated heterocycles. The van der Waals surface area contributed by atoms with Crippen LogP contribution in [0.25, 0.3) is 34.4 Å². The normalized spacial score (nSPS) is 13.9. The van der Waals surface area contributed by atoms with Gasteiger partial charge < -0.3 is 0 Å². The number of hydrogen-bond donors (Lipinski definition) is 0. The zero-order chi connectivity index (χ0) is 29.8. The topological polar surface area (TPSA) is 0 Å². The maximum absolute atomic E-state index is 8.45. The van der Waals surface area contributed by atoms with Gasteiger partial charge in [-0.15, -0.1) is 0 Å². The quantitative estimate of drug-likeness (QED) is 0.188. The molecule has 0 atom stereocenters. The van der Waals surface area contributed by atoms with Gasteiger partial charge in [0.15, 0.2) is 0 Å². The summed E-state index contributed by atoms with van der Waals surface area (Å²) in [6, 6.07) is 31.2. The van der Waals surface area contributed by atoms with Crippen molar-refractivity contribution in [2.45, 2.75) is 53.6 Å². The predicted molar refractivity (Wildman–Crippen MR) is 187 cm³/mol. The first-order valence-electron chi connectivity index (χ1n) is 15.0. The van der Waals surface area contributed by atoms with Gasteiger partial charge in [0, 0.05) is 0 Å². The number of fused-ring (bicyclic) bond motifs is 2. The molecular formula is C38H38Cl2SiZr. The summed E-state index contributed by atoms with van der Waals surface area (Å²) < 4.78 is 2.57. The molecule has 0 aromatic heterocycles. The van der Waals surface area contributed by atoms with Crippen LogP contribution in [0, 0.1) is 13.8 Å². The van der Waals surface area contributed by atoms with Gasteiger partial charge >= 0.3 is 260 Å². The minimum absolute atomic E-state index is 0.907. The Morgan fingerprint density at radius 3 is 1.24 bits per heavy atom. The van der Waals surface area contributed by atoms with Crippen molar-refractivity contribution in [2.75, 3.05) is 0 Å². The molecule has 2 aliphatic carbocycles. The first kappa shape index (κ1) is 29.8. The van der Waals surface area contributed by atoms with Crippen molar-refractivity contribution in [3.05, 3.63) is 129 Å². The molecular weight excluding hydrogens is 647 g/mol. The Bertz CT molecular complexity index is 1950. The van der Waals surface area contributed by atoms with Crippen LogP contribution >= 0.6 is 17.0 Å². The molecule has 0 aliphatic heterocycles. The molecule has 0 N–H and O–H groups in total. The zero-order valence-corrected chi connectivity index (χ0v) is 30.4. The summed E-state index contributed by atoms with van der Waals surface area (Å²) >= 11 is -4.93. The van der Waals surface area contributed by atoms with Crippen molar-refractivity contribution in [2.24, 2.45) is 0 Å². The number of rotatable bonds is 4. The average molecular weight is 685 g/mol. The fraction of sp³-hybridized carbons (Fsp3) is 0.211. The van der Waals surface area contributed by atoms with Gasteiger partial charge in [-0.05, 0) is 0 Å². The van der Waals surface area contributed by atoms with Crippen molar-refractivity contribution in [3.8, 4) is 22.3 Å². The third kappa shape index (κ3) is 4.57. The van der Waals surface area contributed by atoms with Crippen LogP contribution in [-0.2, 0) is 14.0 Å². The van der Waals surface area contributed by atoms with Gasteiger partial charge in [0.2, 0.25) is 0 Å². The summed E-state index contributed by atoms with van der Waals surface area (Å²) in [5.74, 6) is 0. The molecule has 0 nitrogen and oxygen atoms in total. The fourth-order valence-corrected chi connectivity index (χ4v) is 32.1. The van der Waals surface area contributed by atoms with Crippen LogP contribution in [0.2, 0.25) is 13.1 Å². The van der Waals surface area contributed by atoms with Crippen LogP contribution in [0.1, 0.15) is 60.1 Å². The molecule has 0 saturated carbocycles. The second kappa shape index (κ2) is 11.0. The Kier molecular flexibility index (Phi) is 7.85. The molecule has 4 aromatic rings. The Hall–Kier alpha value is -2.22. The number of aryl methyl sites for hydroxylation is 2. The van der Waals surface area contributed by atoms with Gasteiger partial charge in [0.05, 0.1) is 0 Å². The Morgan fingerprint density at radius 1 is 0.548 bits per heavy atom. The van der Waals surface area contributed by atoms with Gasteiger partial charge in [0.25, 0.3) is 0 Å². The predicted octanol–water partition coefficient (Wildman–Crippen LogP) is 11.2. The van der Waals surface area contributed by atoms with Crippen LogP contribution in [0.5, 0.6) is 0 Å². The molecule has 0 bridgehead atoms. The van der Waals surface area contributed by atoms with E-state index in [2.05, 4.69) is 138 Å². The zero-order valence-electron chi connectivity index (χ0n) is 25.4. The van der Waals surface area contributed by atoms with Crippen LogP contribution in [0.3, 0.4) is 0 Å². The van der Waals surface area contributed by atoms with Gasteiger partial charge in [-0.25, -0.2) is 0 Å². The van der Waals surface area contributed by atoms with E-state index in [0.29, 0.717) is 0 Å². The van der Waals surface area contributed by atoms with E-state index in [1.54, 1.807) is 0 Å². The van der Waals surface area contributed by atoms with Gasteiger partial charge in [-0.3, -0.25) is 0 Å². The molecule has 6 rings (SSSR count). The first-order valence-corrected chi connectivity index (χ1v) is 30.0. The van der Waals surface area contributed by atoms with E-state index in [0.717, 1.165) is 12.8 Å². The summed E-state index contributed by atoms with van der Waals surface area (Å²) in [6.45, 7) is 13.5. The van der Waals surface area contributed by atoms with Crippen LogP contribution < -0.4 is 0 Å². The SMILES string of the molecule is CCC1=Cc2c(cccc2-c2ccc(C)cc2)[C]1=[Zr]([Cl])([Cl])(=[C]1C(CC)=Cc2c1cccc2-c1ccc(C)cc1)=[Si](C)C. The average Bonchev–Trinajstić information content (AvgIpc) is 3.58. The number of benzene rings is 4. The first-order chi connectivity index (χ1) is 20.1. The molecule has 0 radical (unpaired) electrons. The summed E-state index contributed by atoms with van der Waals surface area (Å²) in [4.78, 5) is 0. The van der Waals surface area contributed by atoms with E-state index in [1.807, 2.05) is 0 Å². The number of allylic oxidation sites excluding steroid dienone is 2.